The highest BCUT2D eigenvalue weighted by molar-refractivity contribution is 6.32. The molecular weight excluding hydrogens is 482 g/mol. The van der Waals surface area contributed by atoms with E-state index in [-0.39, 0.29) is 18.3 Å². The van der Waals surface area contributed by atoms with Crippen LogP contribution in [0.3, 0.4) is 0 Å². The molecule has 0 atom stereocenters. The fourth-order valence-electron chi connectivity index (χ4n) is 4.11. The van der Waals surface area contributed by atoms with Crippen molar-refractivity contribution < 1.29 is 14.6 Å². The molecule has 10 nitrogen and oxygen atoms in total. The van der Waals surface area contributed by atoms with E-state index in [1.54, 1.807) is 31.0 Å². The molecule has 3 aromatic heterocycles. The summed E-state index contributed by atoms with van der Waals surface area (Å²) in [6.07, 6.45) is 3.57. The number of amides is 1. The average molecular weight is 510 g/mol. The molecule has 0 aliphatic carbocycles. The minimum absolute atomic E-state index is 0.173. The van der Waals surface area contributed by atoms with Gasteiger partial charge in [0.1, 0.15) is 29.3 Å². The van der Waals surface area contributed by atoms with E-state index in [1.807, 2.05) is 26.0 Å². The van der Waals surface area contributed by atoms with Gasteiger partial charge in [0.25, 0.3) is 5.91 Å². The van der Waals surface area contributed by atoms with E-state index in [2.05, 4.69) is 20.1 Å². The molecule has 0 saturated heterocycles. The van der Waals surface area contributed by atoms with Crippen molar-refractivity contribution in [2.45, 2.75) is 33.4 Å². The van der Waals surface area contributed by atoms with Crippen LogP contribution in [0.15, 0.2) is 30.7 Å². The number of fused-ring (bicyclic) bond motifs is 1. The fourth-order valence-corrected chi connectivity index (χ4v) is 4.34. The molecule has 36 heavy (non-hydrogen) atoms. The van der Waals surface area contributed by atoms with Gasteiger partial charge in [0.05, 0.1) is 18.6 Å². The van der Waals surface area contributed by atoms with E-state index in [9.17, 15) is 9.90 Å². The summed E-state index contributed by atoms with van der Waals surface area (Å²) in [6.45, 7) is 4.47. The van der Waals surface area contributed by atoms with Crippen LogP contribution in [0.4, 0.5) is 5.82 Å². The predicted molar refractivity (Wildman–Crippen MR) is 138 cm³/mol. The molecule has 0 aliphatic rings. The molecule has 0 radical (unpaired) electrons. The molecule has 1 aromatic carbocycles. The minimum atomic E-state index is -0.273. The third-order valence-electron chi connectivity index (χ3n) is 5.89. The SMILES string of the molecule is CCOc1c(CCn2nc(CO)c3c(N)ncnc32)cc(Cl)c(C)c1-c1ccc(C(=O)N(C)C)nc1. The summed E-state index contributed by atoms with van der Waals surface area (Å²) in [5, 5.41) is 15.4. The number of aromatic nitrogens is 5. The Morgan fingerprint density at radius 3 is 2.67 bits per heavy atom. The molecule has 0 aliphatic heterocycles. The number of carbonyl (C=O) groups excluding carboxylic acids is 1. The molecule has 0 spiro atoms. The van der Waals surface area contributed by atoms with Gasteiger partial charge in [-0.3, -0.25) is 9.78 Å². The number of rotatable bonds is 8. The first-order valence-corrected chi connectivity index (χ1v) is 11.8. The number of aliphatic hydroxyl groups excluding tert-OH is 1. The Morgan fingerprint density at radius 1 is 1.25 bits per heavy atom. The van der Waals surface area contributed by atoms with Gasteiger partial charge in [0, 0.05) is 43.0 Å². The van der Waals surface area contributed by atoms with Crippen molar-refractivity contribution in [1.82, 2.24) is 29.6 Å². The van der Waals surface area contributed by atoms with Gasteiger partial charge in [0.2, 0.25) is 0 Å². The second-order valence-electron chi connectivity index (χ2n) is 8.45. The largest absolute Gasteiger partial charge is 0.493 e. The number of hydrogen-bond acceptors (Lipinski definition) is 8. The number of nitrogen functional groups attached to an aromatic ring is 1. The molecule has 0 saturated carbocycles. The second kappa shape index (κ2) is 10.5. The number of pyridine rings is 1. The van der Waals surface area contributed by atoms with Crippen LogP contribution in [-0.2, 0) is 19.6 Å². The zero-order valence-corrected chi connectivity index (χ0v) is 21.4. The van der Waals surface area contributed by atoms with Gasteiger partial charge in [-0.05, 0) is 43.5 Å². The van der Waals surface area contributed by atoms with Crippen molar-refractivity contribution in [3.8, 4) is 16.9 Å². The van der Waals surface area contributed by atoms with Crippen LogP contribution in [-0.4, -0.2) is 61.3 Å². The van der Waals surface area contributed by atoms with Crippen LogP contribution >= 0.6 is 11.6 Å². The van der Waals surface area contributed by atoms with Crippen LogP contribution in [0, 0.1) is 6.92 Å². The van der Waals surface area contributed by atoms with Gasteiger partial charge in [0.15, 0.2) is 5.65 Å². The monoisotopic (exact) mass is 509 g/mol. The Balaban J connectivity index is 1.74. The third kappa shape index (κ3) is 4.69. The second-order valence-corrected chi connectivity index (χ2v) is 8.85. The Labute approximate surface area is 213 Å². The van der Waals surface area contributed by atoms with Crippen molar-refractivity contribution in [3.05, 3.63) is 58.3 Å². The Morgan fingerprint density at radius 2 is 2.03 bits per heavy atom. The molecule has 4 aromatic rings. The number of carbonyl (C=O) groups is 1. The van der Waals surface area contributed by atoms with Crippen molar-refractivity contribution >= 4 is 34.4 Å². The maximum atomic E-state index is 12.3. The molecule has 11 heteroatoms. The molecule has 188 valence electrons. The smallest absolute Gasteiger partial charge is 0.271 e. The highest BCUT2D eigenvalue weighted by Gasteiger charge is 2.20. The highest BCUT2D eigenvalue weighted by atomic mass is 35.5. The molecule has 3 N–H and O–H groups in total. The van der Waals surface area contributed by atoms with Crippen LogP contribution in [0.5, 0.6) is 5.75 Å². The van der Waals surface area contributed by atoms with Crippen molar-refractivity contribution in [2.24, 2.45) is 0 Å². The van der Waals surface area contributed by atoms with Gasteiger partial charge >= 0.3 is 0 Å². The summed E-state index contributed by atoms with van der Waals surface area (Å²) in [7, 11) is 3.37. The standard InChI is InChI=1S/C25H28ClN7O3/c1-5-36-22-15(8-9-33-24-21(19(12-34)31-33)23(27)29-13-30-24)10-17(26)14(2)20(22)16-6-7-18(28-11-16)25(35)32(3)4/h6-7,10-11,13,34H,5,8-9,12H2,1-4H3,(H2,27,29,30). The first-order chi connectivity index (χ1) is 17.3. The summed E-state index contributed by atoms with van der Waals surface area (Å²) >= 11 is 6.66. The molecule has 0 bridgehead atoms. The van der Waals surface area contributed by atoms with Gasteiger partial charge in [-0.2, -0.15) is 5.10 Å². The number of anilines is 1. The van der Waals surface area contributed by atoms with Gasteiger partial charge in [-0.15, -0.1) is 0 Å². The average Bonchev–Trinajstić information content (AvgIpc) is 3.24. The first kappa shape index (κ1) is 25.3. The number of nitrogens with two attached hydrogens (primary N) is 1. The lowest BCUT2D eigenvalue weighted by atomic mass is 9.95. The highest BCUT2D eigenvalue weighted by Crippen LogP contribution is 2.40. The lowest BCUT2D eigenvalue weighted by Gasteiger charge is -2.19. The van der Waals surface area contributed by atoms with Gasteiger partial charge < -0.3 is 20.5 Å². The fraction of sp³-hybridized carbons (Fsp3) is 0.320. The van der Waals surface area contributed by atoms with Crippen molar-refractivity contribution in [1.29, 1.82) is 0 Å². The number of benzene rings is 1. The van der Waals surface area contributed by atoms with Crippen molar-refractivity contribution in [2.75, 3.05) is 26.4 Å². The molecule has 0 unspecified atom stereocenters. The summed E-state index contributed by atoms with van der Waals surface area (Å²) in [5.41, 5.74) is 10.7. The van der Waals surface area contributed by atoms with E-state index in [0.29, 0.717) is 52.8 Å². The molecule has 1 amide bonds. The van der Waals surface area contributed by atoms with E-state index in [4.69, 9.17) is 22.1 Å². The number of ether oxygens (including phenoxy) is 1. The lowest BCUT2D eigenvalue weighted by molar-refractivity contribution is 0.0822. The zero-order chi connectivity index (χ0) is 26.0. The number of hydrogen-bond donors (Lipinski definition) is 2. The van der Waals surface area contributed by atoms with Gasteiger partial charge in [-0.1, -0.05) is 17.7 Å². The van der Waals surface area contributed by atoms with E-state index in [0.717, 1.165) is 22.3 Å². The summed E-state index contributed by atoms with van der Waals surface area (Å²) in [6, 6.07) is 5.44. The third-order valence-corrected chi connectivity index (χ3v) is 6.29. The lowest BCUT2D eigenvalue weighted by Crippen LogP contribution is -2.22. The van der Waals surface area contributed by atoms with Crippen LogP contribution in [0.1, 0.15) is 34.2 Å². The number of aliphatic hydroxyl groups is 1. The summed E-state index contributed by atoms with van der Waals surface area (Å²) < 4.78 is 7.82. The normalized spacial score (nSPS) is 11.2. The molecule has 4 rings (SSSR count). The maximum absolute atomic E-state index is 12.3. The van der Waals surface area contributed by atoms with Crippen LogP contribution < -0.4 is 10.5 Å². The summed E-state index contributed by atoms with van der Waals surface area (Å²) in [4.78, 5) is 26.5. The Hall–Kier alpha value is -3.76. The van der Waals surface area contributed by atoms with E-state index in [1.165, 1.54) is 11.2 Å². The number of halogens is 1. The Kier molecular flexibility index (Phi) is 7.37. The maximum Gasteiger partial charge on any atom is 0.271 e. The summed E-state index contributed by atoms with van der Waals surface area (Å²) in [5.74, 6) is 0.795. The number of aryl methyl sites for hydroxylation is 2. The Bertz CT molecular complexity index is 1420. The van der Waals surface area contributed by atoms with E-state index < -0.39 is 0 Å². The van der Waals surface area contributed by atoms with Crippen LogP contribution in [0.2, 0.25) is 5.02 Å². The quantitative estimate of drug-likeness (QED) is 0.370. The van der Waals surface area contributed by atoms with E-state index >= 15 is 0 Å². The van der Waals surface area contributed by atoms with Crippen molar-refractivity contribution in [3.63, 3.8) is 0 Å². The van der Waals surface area contributed by atoms with Crippen LogP contribution in [0.25, 0.3) is 22.2 Å². The molecule has 0 fully saturated rings. The number of nitrogens with zero attached hydrogens (tertiary/aromatic N) is 6. The van der Waals surface area contributed by atoms with Gasteiger partial charge in [-0.25, -0.2) is 14.6 Å². The molecule has 3 heterocycles. The first-order valence-electron chi connectivity index (χ1n) is 11.5. The zero-order valence-electron chi connectivity index (χ0n) is 20.6. The predicted octanol–water partition coefficient (Wildman–Crippen LogP) is 3.27. The molecular formula is C25H28ClN7O3. The topological polar surface area (TPSA) is 132 Å². The minimum Gasteiger partial charge on any atom is -0.493 e.